The molecule has 0 heterocycles. The number of aliphatic hydroxyl groups excluding tert-OH is 1. The summed E-state index contributed by atoms with van der Waals surface area (Å²) in [6.07, 6.45) is 3.38. The molecule has 0 aromatic heterocycles. The van der Waals surface area contributed by atoms with Gasteiger partial charge in [-0.2, -0.15) is 8.42 Å². The predicted octanol–water partition coefficient (Wildman–Crippen LogP) is 3.05. The Bertz CT molecular complexity index is 437. The lowest BCUT2D eigenvalue weighted by atomic mass is 10.0. The van der Waals surface area contributed by atoms with Gasteiger partial charge in [-0.3, -0.25) is 4.55 Å². The molecule has 5 heteroatoms. The highest BCUT2D eigenvalue weighted by Gasteiger charge is 2.06. The van der Waals surface area contributed by atoms with Crippen LogP contribution in [-0.4, -0.2) is 24.7 Å². The van der Waals surface area contributed by atoms with Crippen molar-refractivity contribution in [1.82, 2.24) is 0 Å². The molecule has 0 spiro atoms. The molecule has 4 nitrogen and oxygen atoms in total. The summed E-state index contributed by atoms with van der Waals surface area (Å²) in [7, 11) is -4.02. The Morgan fingerprint density at radius 2 is 1.74 bits per heavy atom. The van der Waals surface area contributed by atoms with Crippen LogP contribution in [0, 0.1) is 12.8 Å². The third kappa shape index (κ3) is 8.75. The fraction of sp³-hybridized carbons (Fsp3) is 0.571. The van der Waals surface area contributed by atoms with Crippen LogP contribution in [-0.2, 0) is 10.1 Å². The molecule has 1 atom stereocenters. The number of rotatable bonds is 5. The largest absolute Gasteiger partial charge is 0.396 e. The predicted molar refractivity (Wildman–Crippen MR) is 76.8 cm³/mol. The van der Waals surface area contributed by atoms with Crippen LogP contribution in [0.1, 0.15) is 38.7 Å². The van der Waals surface area contributed by atoms with Crippen molar-refractivity contribution in [3.8, 4) is 0 Å². The van der Waals surface area contributed by atoms with E-state index in [1.807, 2.05) is 6.92 Å². The first-order valence-corrected chi connectivity index (χ1v) is 7.90. The van der Waals surface area contributed by atoms with Gasteiger partial charge < -0.3 is 5.11 Å². The van der Waals surface area contributed by atoms with Gasteiger partial charge in [0, 0.05) is 6.61 Å². The number of aryl methyl sites for hydroxylation is 1. The first kappa shape index (κ1) is 18.1. The van der Waals surface area contributed by atoms with Crippen molar-refractivity contribution >= 4 is 10.1 Å². The Hall–Kier alpha value is -0.910. The van der Waals surface area contributed by atoms with Crippen molar-refractivity contribution in [1.29, 1.82) is 0 Å². The lowest BCUT2D eigenvalue weighted by molar-refractivity contribution is 0.273. The zero-order chi connectivity index (χ0) is 14.9. The lowest BCUT2D eigenvalue weighted by Gasteiger charge is -2.04. The van der Waals surface area contributed by atoms with Gasteiger partial charge >= 0.3 is 0 Å². The number of aliphatic hydroxyl groups is 1. The minimum absolute atomic E-state index is 0.0666. The molecule has 2 N–H and O–H groups in total. The van der Waals surface area contributed by atoms with E-state index < -0.39 is 10.1 Å². The zero-order valence-corrected chi connectivity index (χ0v) is 12.7. The highest BCUT2D eigenvalue weighted by Crippen LogP contribution is 2.08. The standard InChI is InChI=1S/C7H8O3S.C7H16O/c1-6-2-4-7(5-3-6)11(8,9)10;1-3-7(2)5-4-6-8/h2-5H,1H3,(H,8,9,10);7-8H,3-6H2,1-2H3. The molecule has 0 saturated heterocycles. The number of benzene rings is 1. The normalized spacial score (nSPS) is 12.5. The smallest absolute Gasteiger partial charge is 0.294 e. The maximum absolute atomic E-state index is 10.5. The first-order valence-electron chi connectivity index (χ1n) is 6.46. The van der Waals surface area contributed by atoms with Crippen LogP contribution in [0.15, 0.2) is 29.2 Å². The third-order valence-corrected chi connectivity index (χ3v) is 3.74. The van der Waals surface area contributed by atoms with E-state index >= 15 is 0 Å². The van der Waals surface area contributed by atoms with Gasteiger partial charge in [-0.05, 0) is 37.8 Å². The lowest BCUT2D eigenvalue weighted by Crippen LogP contribution is -1.96. The van der Waals surface area contributed by atoms with E-state index in [1.54, 1.807) is 12.1 Å². The molecular formula is C14H24O4S. The summed E-state index contributed by atoms with van der Waals surface area (Å²) in [5.41, 5.74) is 0.956. The maximum Gasteiger partial charge on any atom is 0.294 e. The second-order valence-corrected chi connectivity index (χ2v) is 6.09. The van der Waals surface area contributed by atoms with Crippen LogP contribution in [0.5, 0.6) is 0 Å². The van der Waals surface area contributed by atoms with Crippen molar-refractivity contribution in [2.24, 2.45) is 5.92 Å². The summed E-state index contributed by atoms with van der Waals surface area (Å²) in [6, 6.07) is 5.99. The van der Waals surface area contributed by atoms with Gasteiger partial charge in [0.25, 0.3) is 10.1 Å². The van der Waals surface area contributed by atoms with Gasteiger partial charge in [0.2, 0.25) is 0 Å². The molecule has 0 aliphatic heterocycles. The first-order chi connectivity index (χ1) is 8.81. The second kappa shape index (κ2) is 9.07. The monoisotopic (exact) mass is 288 g/mol. The second-order valence-electron chi connectivity index (χ2n) is 4.67. The summed E-state index contributed by atoms with van der Waals surface area (Å²) >= 11 is 0. The van der Waals surface area contributed by atoms with Crippen molar-refractivity contribution in [3.63, 3.8) is 0 Å². The van der Waals surface area contributed by atoms with Crippen molar-refractivity contribution < 1.29 is 18.1 Å². The minimum Gasteiger partial charge on any atom is -0.396 e. The zero-order valence-electron chi connectivity index (χ0n) is 11.8. The number of hydrogen-bond donors (Lipinski definition) is 2. The average molecular weight is 288 g/mol. The van der Waals surface area contributed by atoms with E-state index in [2.05, 4.69) is 13.8 Å². The molecule has 19 heavy (non-hydrogen) atoms. The van der Waals surface area contributed by atoms with Gasteiger partial charge in [-0.25, -0.2) is 0 Å². The van der Waals surface area contributed by atoms with Crippen LogP contribution < -0.4 is 0 Å². The van der Waals surface area contributed by atoms with E-state index in [9.17, 15) is 8.42 Å². The third-order valence-electron chi connectivity index (χ3n) is 2.87. The van der Waals surface area contributed by atoms with Gasteiger partial charge in [0.05, 0.1) is 4.90 Å². The topological polar surface area (TPSA) is 74.6 Å². The van der Waals surface area contributed by atoms with Crippen LogP contribution >= 0.6 is 0 Å². The van der Waals surface area contributed by atoms with E-state index in [-0.39, 0.29) is 4.90 Å². The molecule has 0 bridgehead atoms. The SMILES string of the molecule is CCC(C)CCCO.Cc1ccc(S(=O)(=O)O)cc1. The van der Waals surface area contributed by atoms with Crippen LogP contribution in [0.4, 0.5) is 0 Å². The molecular weight excluding hydrogens is 264 g/mol. The summed E-state index contributed by atoms with van der Waals surface area (Å²) in [5.74, 6) is 0.794. The van der Waals surface area contributed by atoms with Crippen molar-refractivity contribution in [2.45, 2.75) is 44.9 Å². The van der Waals surface area contributed by atoms with Crippen LogP contribution in [0.3, 0.4) is 0 Å². The van der Waals surface area contributed by atoms with Gasteiger partial charge in [0.1, 0.15) is 0 Å². The van der Waals surface area contributed by atoms with E-state index in [1.165, 1.54) is 25.0 Å². The molecule has 0 amide bonds. The molecule has 110 valence electrons. The van der Waals surface area contributed by atoms with Crippen molar-refractivity contribution in [2.75, 3.05) is 6.61 Å². The van der Waals surface area contributed by atoms with Crippen molar-refractivity contribution in [3.05, 3.63) is 29.8 Å². The fourth-order valence-corrected chi connectivity index (χ4v) is 1.83. The maximum atomic E-state index is 10.5. The van der Waals surface area contributed by atoms with Gasteiger partial charge in [0.15, 0.2) is 0 Å². The summed E-state index contributed by atoms with van der Waals surface area (Å²) in [6.45, 7) is 6.59. The molecule has 1 aromatic carbocycles. The molecule has 1 aromatic rings. The van der Waals surface area contributed by atoms with E-state index in [0.717, 1.165) is 17.9 Å². The average Bonchev–Trinajstić information content (AvgIpc) is 2.36. The molecule has 0 saturated carbocycles. The highest BCUT2D eigenvalue weighted by molar-refractivity contribution is 7.85. The Balaban J connectivity index is 0.000000362. The molecule has 0 aliphatic rings. The molecule has 0 aliphatic carbocycles. The number of hydrogen-bond acceptors (Lipinski definition) is 3. The Kier molecular flexibility index (Phi) is 8.63. The molecule has 0 fully saturated rings. The van der Waals surface area contributed by atoms with Gasteiger partial charge in [-0.15, -0.1) is 0 Å². The summed E-state index contributed by atoms with van der Waals surface area (Å²) < 4.78 is 29.6. The molecule has 1 unspecified atom stereocenters. The Morgan fingerprint density at radius 3 is 2.11 bits per heavy atom. The highest BCUT2D eigenvalue weighted by atomic mass is 32.2. The van der Waals surface area contributed by atoms with Gasteiger partial charge in [-0.1, -0.05) is 38.0 Å². The quantitative estimate of drug-likeness (QED) is 0.817. The Labute approximate surface area is 116 Å². The summed E-state index contributed by atoms with van der Waals surface area (Å²) in [4.78, 5) is -0.0666. The summed E-state index contributed by atoms with van der Waals surface area (Å²) in [5, 5.41) is 8.41. The van der Waals surface area contributed by atoms with Crippen LogP contribution in [0.2, 0.25) is 0 Å². The minimum atomic E-state index is -4.02. The van der Waals surface area contributed by atoms with E-state index in [4.69, 9.17) is 9.66 Å². The molecule has 1 rings (SSSR count). The Morgan fingerprint density at radius 1 is 1.21 bits per heavy atom. The molecule has 0 radical (unpaired) electrons. The van der Waals surface area contributed by atoms with E-state index in [0.29, 0.717) is 6.61 Å². The van der Waals surface area contributed by atoms with Crippen LogP contribution in [0.25, 0.3) is 0 Å². The fourth-order valence-electron chi connectivity index (χ4n) is 1.35.